The molecule has 0 aliphatic heterocycles. The maximum Gasteiger partial charge on any atom is 0.181 e. The van der Waals surface area contributed by atoms with E-state index >= 15 is 0 Å². The monoisotopic (exact) mass is 276 g/mol. The van der Waals surface area contributed by atoms with Crippen molar-refractivity contribution in [3.8, 4) is 6.07 Å². The maximum atomic E-state index is 9.31. The molecule has 1 unspecified atom stereocenters. The Morgan fingerprint density at radius 3 is 2.95 bits per heavy atom. The molecule has 0 bridgehead atoms. The van der Waals surface area contributed by atoms with Gasteiger partial charge >= 0.3 is 0 Å². The lowest BCUT2D eigenvalue weighted by molar-refractivity contribution is 0.443. The van der Waals surface area contributed by atoms with Gasteiger partial charge in [-0.15, -0.1) is 11.8 Å². The van der Waals surface area contributed by atoms with E-state index in [9.17, 15) is 5.26 Å². The minimum absolute atomic E-state index is 0.253. The SMILES string of the molecule is CC(C)NC(C)(C#N)CSc1ncnc2nc[nH]c12. The molecule has 2 aromatic rings. The number of nitrogens with one attached hydrogen (secondary N) is 2. The topological polar surface area (TPSA) is 90.3 Å². The van der Waals surface area contributed by atoms with Crippen molar-refractivity contribution in [2.75, 3.05) is 5.75 Å². The summed E-state index contributed by atoms with van der Waals surface area (Å²) in [6, 6.07) is 2.57. The molecule has 0 aliphatic carbocycles. The summed E-state index contributed by atoms with van der Waals surface area (Å²) in [5.74, 6) is 0.604. The molecule has 0 fully saturated rings. The van der Waals surface area contributed by atoms with Crippen LogP contribution in [0.4, 0.5) is 0 Å². The molecule has 2 rings (SSSR count). The Balaban J connectivity index is 2.14. The Labute approximate surface area is 116 Å². The smallest absolute Gasteiger partial charge is 0.181 e. The Morgan fingerprint density at radius 1 is 1.47 bits per heavy atom. The lowest BCUT2D eigenvalue weighted by atomic mass is 10.1. The van der Waals surface area contributed by atoms with E-state index in [4.69, 9.17) is 0 Å². The van der Waals surface area contributed by atoms with Crippen LogP contribution in [-0.2, 0) is 0 Å². The molecule has 0 saturated heterocycles. The zero-order valence-corrected chi connectivity index (χ0v) is 12.0. The first-order valence-corrected chi connectivity index (χ1v) is 6.98. The Hall–Kier alpha value is -1.65. The number of hydrogen-bond donors (Lipinski definition) is 2. The van der Waals surface area contributed by atoms with Crippen molar-refractivity contribution in [2.45, 2.75) is 37.4 Å². The van der Waals surface area contributed by atoms with E-state index in [1.807, 2.05) is 20.8 Å². The van der Waals surface area contributed by atoms with Gasteiger partial charge < -0.3 is 4.98 Å². The summed E-state index contributed by atoms with van der Waals surface area (Å²) in [5, 5.41) is 13.4. The zero-order valence-electron chi connectivity index (χ0n) is 11.1. The van der Waals surface area contributed by atoms with Crippen molar-refractivity contribution in [1.82, 2.24) is 25.3 Å². The molecule has 0 saturated carbocycles. The number of thioether (sulfide) groups is 1. The minimum atomic E-state index is -0.587. The number of hydrogen-bond acceptors (Lipinski definition) is 6. The molecular weight excluding hydrogens is 260 g/mol. The molecule has 0 spiro atoms. The van der Waals surface area contributed by atoms with E-state index in [2.05, 4.69) is 31.3 Å². The van der Waals surface area contributed by atoms with E-state index in [0.717, 1.165) is 10.5 Å². The predicted octanol–water partition coefficient (Wildman–Crippen LogP) is 1.73. The van der Waals surface area contributed by atoms with Gasteiger partial charge in [-0.1, -0.05) is 0 Å². The molecule has 2 N–H and O–H groups in total. The molecule has 100 valence electrons. The molecular formula is C12H16N6S. The van der Waals surface area contributed by atoms with Gasteiger partial charge in [0, 0.05) is 11.8 Å². The van der Waals surface area contributed by atoms with Gasteiger partial charge in [0.15, 0.2) is 5.65 Å². The normalized spacial score (nSPS) is 14.5. The standard InChI is InChI=1S/C12H16N6S/c1-8(2)18-12(3,4-13)5-19-11-9-10(15-6-14-9)16-7-17-11/h6-8,18H,5H2,1-3H3,(H,14,15,16,17). The second-order valence-corrected chi connectivity index (χ2v) is 5.78. The number of aromatic nitrogens is 4. The molecule has 19 heavy (non-hydrogen) atoms. The van der Waals surface area contributed by atoms with Gasteiger partial charge in [0.1, 0.15) is 22.4 Å². The summed E-state index contributed by atoms with van der Waals surface area (Å²) in [7, 11) is 0. The van der Waals surface area contributed by atoms with E-state index in [-0.39, 0.29) is 6.04 Å². The number of aromatic amines is 1. The first-order chi connectivity index (χ1) is 9.04. The largest absolute Gasteiger partial charge is 0.341 e. The molecule has 0 amide bonds. The van der Waals surface area contributed by atoms with Crippen LogP contribution in [0.1, 0.15) is 20.8 Å². The summed E-state index contributed by atoms with van der Waals surface area (Å²) in [6.07, 6.45) is 3.09. The fourth-order valence-corrected chi connectivity index (χ4v) is 2.80. The quantitative estimate of drug-likeness (QED) is 0.638. The third kappa shape index (κ3) is 3.22. The summed E-state index contributed by atoms with van der Waals surface area (Å²) >= 11 is 1.52. The van der Waals surface area contributed by atoms with Crippen LogP contribution in [0.5, 0.6) is 0 Å². The highest BCUT2D eigenvalue weighted by Gasteiger charge is 2.25. The third-order valence-corrected chi connectivity index (χ3v) is 3.84. The fourth-order valence-electron chi connectivity index (χ4n) is 1.81. The average Bonchev–Trinajstić information content (AvgIpc) is 2.84. The van der Waals surface area contributed by atoms with E-state index in [1.165, 1.54) is 18.1 Å². The van der Waals surface area contributed by atoms with Crippen LogP contribution in [0.3, 0.4) is 0 Å². The maximum absolute atomic E-state index is 9.31. The number of fused-ring (bicyclic) bond motifs is 1. The molecule has 7 heteroatoms. The van der Waals surface area contributed by atoms with Gasteiger partial charge in [-0.2, -0.15) is 5.26 Å². The zero-order chi connectivity index (χ0) is 13.9. The fraction of sp³-hybridized carbons (Fsp3) is 0.500. The Morgan fingerprint density at radius 2 is 2.26 bits per heavy atom. The molecule has 2 aromatic heterocycles. The Kier molecular flexibility index (Phi) is 4.02. The van der Waals surface area contributed by atoms with Crippen LogP contribution in [0.2, 0.25) is 0 Å². The summed E-state index contributed by atoms with van der Waals surface area (Å²) in [6.45, 7) is 5.95. The molecule has 1 atom stereocenters. The van der Waals surface area contributed by atoms with Crippen molar-refractivity contribution < 1.29 is 0 Å². The summed E-state index contributed by atoms with van der Waals surface area (Å²) in [5.41, 5.74) is 0.876. The molecule has 0 aliphatic rings. The van der Waals surface area contributed by atoms with Gasteiger partial charge in [-0.3, -0.25) is 5.32 Å². The van der Waals surface area contributed by atoms with Crippen molar-refractivity contribution in [3.63, 3.8) is 0 Å². The van der Waals surface area contributed by atoms with Crippen LogP contribution in [0.15, 0.2) is 17.7 Å². The highest BCUT2D eigenvalue weighted by atomic mass is 32.2. The number of imidazole rings is 1. The summed E-state index contributed by atoms with van der Waals surface area (Å²) in [4.78, 5) is 15.4. The third-order valence-electron chi connectivity index (χ3n) is 2.54. The van der Waals surface area contributed by atoms with Crippen LogP contribution in [0, 0.1) is 11.3 Å². The van der Waals surface area contributed by atoms with Gasteiger partial charge in [-0.05, 0) is 20.8 Å². The van der Waals surface area contributed by atoms with Crippen molar-refractivity contribution in [1.29, 1.82) is 5.26 Å². The van der Waals surface area contributed by atoms with Crippen molar-refractivity contribution >= 4 is 22.9 Å². The van der Waals surface area contributed by atoms with Gasteiger partial charge in [0.25, 0.3) is 0 Å². The lowest BCUT2D eigenvalue weighted by Gasteiger charge is -2.25. The highest BCUT2D eigenvalue weighted by Crippen LogP contribution is 2.25. The van der Waals surface area contributed by atoms with E-state index < -0.39 is 5.54 Å². The van der Waals surface area contributed by atoms with Crippen molar-refractivity contribution in [2.24, 2.45) is 0 Å². The van der Waals surface area contributed by atoms with E-state index in [0.29, 0.717) is 11.4 Å². The molecule has 2 heterocycles. The highest BCUT2D eigenvalue weighted by molar-refractivity contribution is 7.99. The number of nitrogens with zero attached hydrogens (tertiary/aromatic N) is 4. The lowest BCUT2D eigenvalue weighted by Crippen LogP contribution is -2.47. The first-order valence-electron chi connectivity index (χ1n) is 6.00. The predicted molar refractivity (Wildman–Crippen MR) is 74.7 cm³/mol. The average molecular weight is 276 g/mol. The van der Waals surface area contributed by atoms with Crippen LogP contribution >= 0.6 is 11.8 Å². The molecule has 0 radical (unpaired) electrons. The number of H-pyrrole nitrogens is 1. The van der Waals surface area contributed by atoms with Crippen LogP contribution < -0.4 is 5.32 Å². The van der Waals surface area contributed by atoms with Crippen LogP contribution in [0.25, 0.3) is 11.2 Å². The van der Waals surface area contributed by atoms with Crippen LogP contribution in [-0.4, -0.2) is 37.3 Å². The minimum Gasteiger partial charge on any atom is -0.341 e. The molecule has 0 aromatic carbocycles. The summed E-state index contributed by atoms with van der Waals surface area (Å²) < 4.78 is 0. The van der Waals surface area contributed by atoms with Gasteiger partial charge in [0.05, 0.1) is 12.4 Å². The first kappa shape index (κ1) is 13.8. The van der Waals surface area contributed by atoms with Gasteiger partial charge in [-0.25, -0.2) is 15.0 Å². The number of nitriles is 1. The van der Waals surface area contributed by atoms with Gasteiger partial charge in [0.2, 0.25) is 0 Å². The second kappa shape index (κ2) is 5.55. The van der Waals surface area contributed by atoms with E-state index in [1.54, 1.807) is 6.33 Å². The second-order valence-electron chi connectivity index (χ2n) is 4.81. The molecule has 6 nitrogen and oxygen atoms in total. The van der Waals surface area contributed by atoms with Crippen molar-refractivity contribution in [3.05, 3.63) is 12.7 Å². The number of rotatable bonds is 5. The Bertz CT molecular complexity index is 602.